The van der Waals surface area contributed by atoms with Crippen molar-refractivity contribution in [2.45, 2.75) is 0 Å². The highest BCUT2D eigenvalue weighted by Crippen LogP contribution is 2.45. The Balaban J connectivity index is 0.829. The molecule has 79 heavy (non-hydrogen) atoms. The first-order valence-electron chi connectivity index (χ1n) is 26.6. The van der Waals surface area contributed by atoms with E-state index in [1.165, 1.54) is 0 Å². The number of fused-ring (bicyclic) bond motifs is 2. The summed E-state index contributed by atoms with van der Waals surface area (Å²) in [6.07, 6.45) is 3.78. The molecule has 0 unspecified atom stereocenters. The van der Waals surface area contributed by atoms with E-state index in [0.29, 0.717) is 0 Å². The summed E-state index contributed by atoms with van der Waals surface area (Å²) >= 11 is 0. The highest BCUT2D eigenvalue weighted by atomic mass is 15.2. The van der Waals surface area contributed by atoms with Crippen LogP contribution in [0.1, 0.15) is 0 Å². The molecule has 0 saturated heterocycles. The zero-order valence-corrected chi connectivity index (χ0v) is 43.2. The Kier molecular flexibility index (Phi) is 13.2. The Bertz CT molecular complexity index is 3850. The van der Waals surface area contributed by atoms with Crippen molar-refractivity contribution in [1.29, 1.82) is 0 Å². The molecular formula is C72H53N7. The minimum atomic E-state index is 0.953. The van der Waals surface area contributed by atoms with Gasteiger partial charge in [0.15, 0.2) is 0 Å². The van der Waals surface area contributed by atoms with Crippen LogP contribution in [-0.2, 0) is 0 Å². The minimum Gasteiger partial charge on any atom is -0.311 e. The lowest BCUT2D eigenvalue weighted by Crippen LogP contribution is -2.14. The van der Waals surface area contributed by atoms with E-state index in [1.807, 2.05) is 24.5 Å². The summed E-state index contributed by atoms with van der Waals surface area (Å²) in [4.78, 5) is 20.9. The van der Waals surface area contributed by atoms with Gasteiger partial charge < -0.3 is 24.5 Å². The molecule has 0 bridgehead atoms. The number of rotatable bonds is 15. The fourth-order valence-corrected chi connectivity index (χ4v) is 10.6. The number of nitrogens with zero attached hydrogens (tertiary/aromatic N) is 7. The topological polar surface area (TPSA) is 42.0 Å². The van der Waals surface area contributed by atoms with Gasteiger partial charge in [-0.3, -0.25) is 9.97 Å². The third kappa shape index (κ3) is 9.76. The number of hydrogen-bond acceptors (Lipinski definition) is 7. The van der Waals surface area contributed by atoms with E-state index in [4.69, 9.17) is 0 Å². The molecule has 0 aliphatic carbocycles. The standard InChI is InChI=1S/C72H53N7/c1-6-20-54(21-7-1)75(59-34-38-61(39-35-59)76(55-22-8-2-9-23-55)63-42-46-65(47-43-63)78(57-26-12-4-13-27-57)71-50-52-73-69-32-18-16-30-67(69)71)60-36-40-62(41-37-60)77(56-24-10-3-11-25-56)64-44-48-66(49-45-64)79(58-28-14-5-15-29-58)72-51-53-74-70-33-19-17-31-68(70)72/h1-53H. The Labute approximate surface area is 461 Å². The third-order valence-corrected chi connectivity index (χ3v) is 14.3. The second-order valence-corrected chi connectivity index (χ2v) is 19.1. The minimum absolute atomic E-state index is 0.953. The zero-order valence-electron chi connectivity index (χ0n) is 43.2. The average molecular weight is 1020 g/mol. The zero-order chi connectivity index (χ0) is 52.7. The van der Waals surface area contributed by atoms with Crippen LogP contribution in [0, 0.1) is 0 Å². The van der Waals surface area contributed by atoms with Crippen molar-refractivity contribution in [3.63, 3.8) is 0 Å². The summed E-state index contributed by atoms with van der Waals surface area (Å²) < 4.78 is 0. The predicted molar refractivity (Wildman–Crippen MR) is 330 cm³/mol. The van der Waals surface area contributed by atoms with Gasteiger partial charge in [0.2, 0.25) is 0 Å². The summed E-state index contributed by atoms with van der Waals surface area (Å²) in [5.41, 5.74) is 17.7. The lowest BCUT2D eigenvalue weighted by atomic mass is 10.1. The normalized spacial score (nSPS) is 11.0. The van der Waals surface area contributed by atoms with Gasteiger partial charge in [-0.15, -0.1) is 0 Å². The van der Waals surface area contributed by atoms with Crippen molar-refractivity contribution < 1.29 is 0 Å². The first-order valence-corrected chi connectivity index (χ1v) is 26.6. The van der Waals surface area contributed by atoms with Gasteiger partial charge in [-0.1, -0.05) is 127 Å². The molecule has 13 aromatic rings. The fourth-order valence-electron chi connectivity index (χ4n) is 10.6. The molecule has 0 aliphatic rings. The number of aromatic nitrogens is 2. The molecule has 0 atom stereocenters. The Morgan fingerprint density at radius 2 is 0.354 bits per heavy atom. The van der Waals surface area contributed by atoms with Gasteiger partial charge in [-0.25, -0.2) is 0 Å². The van der Waals surface area contributed by atoms with Gasteiger partial charge in [0, 0.05) is 97.1 Å². The summed E-state index contributed by atoms with van der Waals surface area (Å²) in [6.45, 7) is 0. The monoisotopic (exact) mass is 1020 g/mol. The average Bonchev–Trinajstić information content (AvgIpc) is 3.57. The van der Waals surface area contributed by atoms with E-state index >= 15 is 0 Å². The molecule has 13 rings (SSSR count). The van der Waals surface area contributed by atoms with Crippen molar-refractivity contribution in [2.75, 3.05) is 24.5 Å². The highest BCUT2D eigenvalue weighted by molar-refractivity contribution is 5.98. The second kappa shape index (κ2) is 21.8. The van der Waals surface area contributed by atoms with Gasteiger partial charge in [-0.05, 0) is 182 Å². The molecule has 0 saturated carbocycles. The Morgan fingerprint density at radius 1 is 0.165 bits per heavy atom. The van der Waals surface area contributed by atoms with Crippen molar-refractivity contribution in [3.05, 3.63) is 322 Å². The molecule has 0 fully saturated rings. The summed E-state index contributed by atoms with van der Waals surface area (Å²) in [5, 5.41) is 2.17. The van der Waals surface area contributed by atoms with E-state index in [1.54, 1.807) is 0 Å². The number of anilines is 15. The maximum atomic E-state index is 4.68. The van der Waals surface area contributed by atoms with E-state index in [0.717, 1.165) is 107 Å². The van der Waals surface area contributed by atoms with Crippen LogP contribution in [0.25, 0.3) is 21.8 Å². The molecule has 0 amide bonds. The quantitative estimate of drug-likeness (QED) is 0.101. The number of pyridine rings is 2. The van der Waals surface area contributed by atoms with Crippen LogP contribution in [0.5, 0.6) is 0 Å². The largest absolute Gasteiger partial charge is 0.311 e. The third-order valence-electron chi connectivity index (χ3n) is 14.3. The maximum Gasteiger partial charge on any atom is 0.0723 e. The molecule has 11 aromatic carbocycles. The molecule has 0 aliphatic heterocycles. The van der Waals surface area contributed by atoms with Crippen LogP contribution in [-0.4, -0.2) is 9.97 Å². The number of para-hydroxylation sites is 7. The molecule has 0 radical (unpaired) electrons. The SMILES string of the molecule is c1ccc(N(c2ccc(N(c3ccccc3)c3ccc(N(c4ccccc4)c4ccnc5ccccc45)cc3)cc2)c2ccc(N(c3ccccc3)c3ccc(N(c4ccccc4)c4ccnc5ccccc45)cc3)cc2)cc1. The van der Waals surface area contributed by atoms with E-state index in [2.05, 4.69) is 332 Å². The van der Waals surface area contributed by atoms with E-state index in [-0.39, 0.29) is 0 Å². The van der Waals surface area contributed by atoms with E-state index in [9.17, 15) is 0 Å². The van der Waals surface area contributed by atoms with Crippen molar-refractivity contribution in [2.24, 2.45) is 0 Å². The molecule has 2 heterocycles. The maximum absolute atomic E-state index is 4.68. The molecular weight excluding hydrogens is 963 g/mol. The fraction of sp³-hybridized carbons (Fsp3) is 0. The van der Waals surface area contributed by atoms with Crippen LogP contribution in [0.4, 0.5) is 85.3 Å². The van der Waals surface area contributed by atoms with Crippen LogP contribution in [0.3, 0.4) is 0 Å². The van der Waals surface area contributed by atoms with Crippen molar-refractivity contribution in [1.82, 2.24) is 9.97 Å². The van der Waals surface area contributed by atoms with Gasteiger partial charge in [0.05, 0.1) is 22.4 Å². The number of hydrogen-bond donors (Lipinski definition) is 0. The summed E-state index contributed by atoms with van der Waals surface area (Å²) in [7, 11) is 0. The smallest absolute Gasteiger partial charge is 0.0723 e. The lowest BCUT2D eigenvalue weighted by Gasteiger charge is -2.30. The van der Waals surface area contributed by atoms with Crippen molar-refractivity contribution in [3.8, 4) is 0 Å². The highest BCUT2D eigenvalue weighted by Gasteiger charge is 2.22. The second-order valence-electron chi connectivity index (χ2n) is 19.1. The molecule has 7 nitrogen and oxygen atoms in total. The summed E-state index contributed by atoms with van der Waals surface area (Å²) in [6, 6.07) is 109. The number of benzene rings is 11. The van der Waals surface area contributed by atoms with E-state index < -0.39 is 0 Å². The molecule has 0 N–H and O–H groups in total. The van der Waals surface area contributed by atoms with Crippen molar-refractivity contribution >= 4 is 107 Å². The first kappa shape index (κ1) is 47.9. The van der Waals surface area contributed by atoms with Gasteiger partial charge >= 0.3 is 0 Å². The Morgan fingerprint density at radius 3 is 0.608 bits per heavy atom. The van der Waals surface area contributed by atoms with Gasteiger partial charge in [0.1, 0.15) is 0 Å². The van der Waals surface area contributed by atoms with Gasteiger partial charge in [0.25, 0.3) is 0 Å². The van der Waals surface area contributed by atoms with Crippen LogP contribution >= 0.6 is 0 Å². The van der Waals surface area contributed by atoms with Crippen LogP contribution < -0.4 is 24.5 Å². The van der Waals surface area contributed by atoms with Crippen LogP contribution in [0.15, 0.2) is 322 Å². The molecule has 0 spiro atoms. The lowest BCUT2D eigenvalue weighted by molar-refractivity contribution is 1.24. The molecule has 376 valence electrons. The van der Waals surface area contributed by atoms with Crippen LogP contribution in [0.2, 0.25) is 0 Å². The first-order chi connectivity index (χ1) is 39.2. The van der Waals surface area contributed by atoms with Gasteiger partial charge in [-0.2, -0.15) is 0 Å². The molecule has 2 aromatic heterocycles. The Hall–Kier alpha value is -10.8. The molecule has 7 heteroatoms. The summed E-state index contributed by atoms with van der Waals surface area (Å²) in [5.74, 6) is 0. The predicted octanol–water partition coefficient (Wildman–Crippen LogP) is 20.1.